The predicted octanol–water partition coefficient (Wildman–Crippen LogP) is 3.64. The van der Waals surface area contributed by atoms with Gasteiger partial charge in [0.15, 0.2) is 0 Å². The Kier molecular flexibility index (Phi) is 3.80. The van der Waals surface area contributed by atoms with Crippen LogP contribution in [0.25, 0.3) is 0 Å². The average Bonchev–Trinajstić information content (AvgIpc) is 2.16. The Balaban J connectivity index is 2.95. The van der Waals surface area contributed by atoms with Crippen LogP contribution in [0.1, 0.15) is 52.2 Å². The van der Waals surface area contributed by atoms with E-state index in [1.165, 1.54) is 11.1 Å². The van der Waals surface area contributed by atoms with E-state index in [9.17, 15) is 0 Å². The molecule has 16 heavy (non-hydrogen) atoms. The number of benzene rings is 1. The molecule has 0 heterocycles. The first-order valence-corrected chi connectivity index (χ1v) is 5.99. The van der Waals surface area contributed by atoms with Crippen molar-refractivity contribution in [3.63, 3.8) is 0 Å². The Morgan fingerprint density at radius 2 is 1.31 bits per heavy atom. The topological polar surface area (TPSA) is 20.2 Å². The smallest absolute Gasteiger partial charge is 0.0439 e. The first kappa shape index (κ1) is 13.2. The van der Waals surface area contributed by atoms with Crippen LogP contribution in [0.15, 0.2) is 24.3 Å². The minimum atomic E-state index is 0.0607. The number of aliphatic hydroxyl groups excluding tert-OH is 1. The molecule has 0 unspecified atom stereocenters. The van der Waals surface area contributed by atoms with Gasteiger partial charge in [-0.15, -0.1) is 0 Å². The molecule has 0 fully saturated rings. The summed E-state index contributed by atoms with van der Waals surface area (Å²) in [7, 11) is 0. The molecule has 0 aliphatic carbocycles. The Bertz CT molecular complexity index is 327. The highest BCUT2D eigenvalue weighted by Crippen LogP contribution is 2.29. The third kappa shape index (κ3) is 3.08. The lowest BCUT2D eigenvalue weighted by Crippen LogP contribution is -2.19. The molecule has 0 atom stereocenters. The average molecular weight is 220 g/mol. The van der Waals surface area contributed by atoms with Crippen LogP contribution in [0, 0.1) is 0 Å². The summed E-state index contributed by atoms with van der Waals surface area (Å²) in [6.07, 6.45) is 0.807. The fourth-order valence-electron chi connectivity index (χ4n) is 1.85. The number of rotatable bonds is 3. The fourth-order valence-corrected chi connectivity index (χ4v) is 1.85. The summed E-state index contributed by atoms with van der Waals surface area (Å²) in [5.41, 5.74) is 2.93. The molecule has 0 bridgehead atoms. The van der Waals surface area contributed by atoms with Crippen molar-refractivity contribution in [3.8, 4) is 0 Å². The molecule has 0 aliphatic rings. The van der Waals surface area contributed by atoms with Gasteiger partial charge < -0.3 is 5.11 Å². The molecule has 0 radical (unpaired) electrons. The Morgan fingerprint density at radius 3 is 1.69 bits per heavy atom. The fraction of sp³-hybridized carbons (Fsp3) is 0.600. The number of aliphatic hydroxyl groups is 1. The molecule has 0 amide bonds. The van der Waals surface area contributed by atoms with Gasteiger partial charge in [-0.25, -0.2) is 0 Å². The van der Waals surface area contributed by atoms with E-state index in [0.29, 0.717) is 0 Å². The molecule has 1 aromatic carbocycles. The van der Waals surface area contributed by atoms with Crippen molar-refractivity contribution < 1.29 is 5.11 Å². The van der Waals surface area contributed by atoms with E-state index >= 15 is 0 Å². The zero-order valence-electron chi connectivity index (χ0n) is 11.2. The maximum absolute atomic E-state index is 9.05. The Morgan fingerprint density at radius 1 is 0.875 bits per heavy atom. The molecule has 1 rings (SSSR count). The summed E-state index contributed by atoms with van der Waals surface area (Å²) in [5, 5.41) is 9.05. The Hall–Kier alpha value is -0.820. The van der Waals surface area contributed by atoms with Gasteiger partial charge >= 0.3 is 0 Å². The summed E-state index contributed by atoms with van der Waals surface area (Å²) in [4.78, 5) is 0. The highest BCUT2D eigenvalue weighted by atomic mass is 16.3. The highest BCUT2D eigenvalue weighted by Gasteiger charge is 2.20. The SMILES string of the molecule is CC(C)(C)c1ccc(C(C)(C)CCO)cc1. The van der Waals surface area contributed by atoms with E-state index in [1.807, 2.05) is 0 Å². The van der Waals surface area contributed by atoms with Crippen LogP contribution in [0.5, 0.6) is 0 Å². The minimum Gasteiger partial charge on any atom is -0.396 e. The van der Waals surface area contributed by atoms with E-state index < -0.39 is 0 Å². The van der Waals surface area contributed by atoms with Gasteiger partial charge in [-0.2, -0.15) is 0 Å². The molecule has 0 aliphatic heterocycles. The van der Waals surface area contributed by atoms with Crippen molar-refractivity contribution in [2.45, 2.75) is 51.9 Å². The van der Waals surface area contributed by atoms with E-state index in [-0.39, 0.29) is 17.4 Å². The van der Waals surface area contributed by atoms with Gasteiger partial charge in [-0.3, -0.25) is 0 Å². The van der Waals surface area contributed by atoms with Crippen molar-refractivity contribution in [3.05, 3.63) is 35.4 Å². The zero-order chi connectivity index (χ0) is 12.4. The second-order valence-electron chi connectivity index (χ2n) is 6.18. The van der Waals surface area contributed by atoms with Gasteiger partial charge in [-0.05, 0) is 28.4 Å². The molecule has 0 spiro atoms. The van der Waals surface area contributed by atoms with E-state index in [0.717, 1.165) is 6.42 Å². The molecule has 1 heteroatoms. The van der Waals surface area contributed by atoms with Crippen LogP contribution in [0.2, 0.25) is 0 Å². The van der Waals surface area contributed by atoms with Gasteiger partial charge in [0.05, 0.1) is 0 Å². The van der Waals surface area contributed by atoms with E-state index in [2.05, 4.69) is 58.9 Å². The predicted molar refractivity (Wildman–Crippen MR) is 69.9 cm³/mol. The normalized spacial score (nSPS) is 12.9. The van der Waals surface area contributed by atoms with Crippen LogP contribution in [0.3, 0.4) is 0 Å². The van der Waals surface area contributed by atoms with E-state index in [1.54, 1.807) is 0 Å². The summed E-state index contributed by atoms with van der Waals surface area (Å²) in [6, 6.07) is 8.79. The monoisotopic (exact) mass is 220 g/mol. The van der Waals surface area contributed by atoms with Gasteiger partial charge in [0.25, 0.3) is 0 Å². The van der Waals surface area contributed by atoms with Crippen molar-refractivity contribution >= 4 is 0 Å². The molecule has 0 saturated heterocycles. The maximum Gasteiger partial charge on any atom is 0.0439 e. The minimum absolute atomic E-state index is 0.0607. The molecular weight excluding hydrogens is 196 g/mol. The van der Waals surface area contributed by atoms with Crippen LogP contribution >= 0.6 is 0 Å². The summed E-state index contributed by atoms with van der Waals surface area (Å²) < 4.78 is 0. The van der Waals surface area contributed by atoms with Crippen LogP contribution in [0.4, 0.5) is 0 Å². The lowest BCUT2D eigenvalue weighted by Gasteiger charge is -2.26. The molecule has 1 N–H and O–H groups in total. The largest absolute Gasteiger partial charge is 0.396 e. The molecule has 1 nitrogen and oxygen atoms in total. The van der Waals surface area contributed by atoms with Crippen molar-refractivity contribution in [2.24, 2.45) is 0 Å². The van der Waals surface area contributed by atoms with Crippen LogP contribution in [-0.4, -0.2) is 11.7 Å². The van der Waals surface area contributed by atoms with Crippen molar-refractivity contribution in [2.75, 3.05) is 6.61 Å². The standard InChI is InChI=1S/C15H24O/c1-14(2,3)12-6-8-13(9-7-12)15(4,5)10-11-16/h6-9,16H,10-11H2,1-5H3. The maximum atomic E-state index is 9.05. The zero-order valence-corrected chi connectivity index (χ0v) is 11.2. The van der Waals surface area contributed by atoms with Crippen molar-refractivity contribution in [1.29, 1.82) is 0 Å². The summed E-state index contributed by atoms with van der Waals surface area (Å²) in [5.74, 6) is 0. The molecule has 0 aromatic heterocycles. The number of hydrogen-bond donors (Lipinski definition) is 1. The summed E-state index contributed by atoms with van der Waals surface area (Å²) >= 11 is 0. The first-order chi connectivity index (χ1) is 7.27. The first-order valence-electron chi connectivity index (χ1n) is 5.99. The lowest BCUT2D eigenvalue weighted by atomic mass is 9.79. The molecule has 1 aromatic rings. The second-order valence-corrected chi connectivity index (χ2v) is 6.18. The van der Waals surface area contributed by atoms with Gasteiger partial charge in [0.1, 0.15) is 0 Å². The van der Waals surface area contributed by atoms with Gasteiger partial charge in [0, 0.05) is 6.61 Å². The van der Waals surface area contributed by atoms with Gasteiger partial charge in [-0.1, -0.05) is 58.9 Å². The molecule has 90 valence electrons. The molecular formula is C15H24O. The second kappa shape index (κ2) is 4.58. The molecule has 0 saturated carbocycles. The highest BCUT2D eigenvalue weighted by molar-refractivity contribution is 5.31. The third-order valence-electron chi connectivity index (χ3n) is 3.27. The van der Waals surface area contributed by atoms with Crippen LogP contribution in [-0.2, 0) is 10.8 Å². The summed E-state index contributed by atoms with van der Waals surface area (Å²) in [6.45, 7) is 11.3. The third-order valence-corrected chi connectivity index (χ3v) is 3.27. The van der Waals surface area contributed by atoms with E-state index in [4.69, 9.17) is 5.11 Å². The van der Waals surface area contributed by atoms with Crippen LogP contribution < -0.4 is 0 Å². The van der Waals surface area contributed by atoms with Gasteiger partial charge in [0.2, 0.25) is 0 Å². The quantitative estimate of drug-likeness (QED) is 0.824. The number of hydrogen-bond acceptors (Lipinski definition) is 1. The lowest BCUT2D eigenvalue weighted by molar-refractivity contribution is 0.252. The van der Waals surface area contributed by atoms with Crippen molar-refractivity contribution in [1.82, 2.24) is 0 Å². The Labute approximate surface area is 99.5 Å².